The average Bonchev–Trinajstić information content (AvgIpc) is 2.77. The van der Waals surface area contributed by atoms with Gasteiger partial charge in [0.05, 0.1) is 5.69 Å². The second-order valence-electron chi connectivity index (χ2n) is 9.49. The van der Waals surface area contributed by atoms with Crippen molar-refractivity contribution >= 4 is 27.7 Å². The quantitative estimate of drug-likeness (QED) is 0.537. The first-order chi connectivity index (χ1) is 16.2. The highest BCUT2D eigenvalue weighted by Crippen LogP contribution is 2.23. The van der Waals surface area contributed by atoms with E-state index in [2.05, 4.69) is 5.32 Å². The van der Waals surface area contributed by atoms with Crippen molar-refractivity contribution in [3.05, 3.63) is 66.0 Å². The summed E-state index contributed by atoms with van der Waals surface area (Å²) < 4.78 is 42.4. The molecule has 35 heavy (non-hydrogen) atoms. The molecule has 2 aromatic carbocycles. The monoisotopic (exact) mass is 506 g/mol. The van der Waals surface area contributed by atoms with Gasteiger partial charge in [0.15, 0.2) is 0 Å². The van der Waals surface area contributed by atoms with Crippen LogP contribution < -0.4 is 9.62 Å². The summed E-state index contributed by atoms with van der Waals surface area (Å²) in [5.41, 5.74) is 0.192. The van der Waals surface area contributed by atoms with E-state index >= 15 is 0 Å². The standard InChI is InChI=1S/C25H35FN4O4S/c1-19(24(32)27-25(2,3)4)29(17-16-20-12-8-7-9-13-20)23(31)18-30(35(33,34)28(5)6)22-15-11-10-14-21(22)26/h7-15,19H,16-18H2,1-6H3,(H,27,32)/t19-/m0/s1. The maximum Gasteiger partial charge on any atom is 0.304 e. The molecule has 0 aliphatic carbocycles. The lowest BCUT2D eigenvalue weighted by molar-refractivity contribution is -0.139. The van der Waals surface area contributed by atoms with Gasteiger partial charge in [-0.25, -0.2) is 8.70 Å². The molecule has 0 spiro atoms. The number of carbonyl (C=O) groups is 2. The van der Waals surface area contributed by atoms with E-state index in [0.717, 1.165) is 20.2 Å². The maximum atomic E-state index is 14.6. The van der Waals surface area contributed by atoms with E-state index < -0.39 is 40.1 Å². The molecule has 192 valence electrons. The molecule has 0 aliphatic rings. The number of para-hydroxylation sites is 1. The van der Waals surface area contributed by atoms with E-state index in [9.17, 15) is 22.4 Å². The predicted molar refractivity (Wildman–Crippen MR) is 136 cm³/mol. The predicted octanol–water partition coefficient (Wildman–Crippen LogP) is 2.81. The molecule has 0 unspecified atom stereocenters. The van der Waals surface area contributed by atoms with Gasteiger partial charge >= 0.3 is 10.2 Å². The van der Waals surface area contributed by atoms with Crippen LogP contribution in [0.25, 0.3) is 0 Å². The van der Waals surface area contributed by atoms with Crippen LogP contribution in [0.15, 0.2) is 54.6 Å². The Bertz CT molecular complexity index is 1120. The summed E-state index contributed by atoms with van der Waals surface area (Å²) in [6.45, 7) is 6.60. The van der Waals surface area contributed by atoms with Crippen LogP contribution in [0, 0.1) is 5.82 Å². The molecule has 2 rings (SSSR count). The zero-order valence-electron chi connectivity index (χ0n) is 21.2. The number of hydrogen-bond acceptors (Lipinski definition) is 4. The highest BCUT2D eigenvalue weighted by Gasteiger charge is 2.34. The van der Waals surface area contributed by atoms with Gasteiger partial charge in [0.2, 0.25) is 11.8 Å². The van der Waals surface area contributed by atoms with Crippen LogP contribution in [-0.2, 0) is 26.2 Å². The maximum absolute atomic E-state index is 14.6. The minimum absolute atomic E-state index is 0.175. The van der Waals surface area contributed by atoms with Crippen LogP contribution >= 0.6 is 0 Å². The van der Waals surface area contributed by atoms with E-state index in [0.29, 0.717) is 6.42 Å². The Kier molecular flexibility index (Phi) is 9.39. The zero-order valence-corrected chi connectivity index (χ0v) is 22.0. The fraction of sp³-hybridized carbons (Fsp3) is 0.440. The van der Waals surface area contributed by atoms with E-state index in [-0.39, 0.29) is 18.1 Å². The molecule has 0 aliphatic heterocycles. The SMILES string of the molecule is C[C@@H](C(=O)NC(C)(C)C)N(CCc1ccccc1)C(=O)CN(c1ccccc1F)S(=O)(=O)N(C)C. The van der Waals surface area contributed by atoms with Crippen LogP contribution in [0.1, 0.15) is 33.3 Å². The largest absolute Gasteiger partial charge is 0.350 e. The first-order valence-corrected chi connectivity index (χ1v) is 12.7. The summed E-state index contributed by atoms with van der Waals surface area (Å²) in [4.78, 5) is 27.8. The van der Waals surface area contributed by atoms with E-state index in [1.165, 1.54) is 37.2 Å². The van der Waals surface area contributed by atoms with Gasteiger partial charge in [-0.3, -0.25) is 9.59 Å². The van der Waals surface area contributed by atoms with Crippen molar-refractivity contribution in [3.63, 3.8) is 0 Å². The van der Waals surface area contributed by atoms with Crippen LogP contribution in [0.3, 0.4) is 0 Å². The number of benzene rings is 2. The Morgan fingerprint density at radius 1 is 1.00 bits per heavy atom. The van der Waals surface area contributed by atoms with Crippen molar-refractivity contribution in [3.8, 4) is 0 Å². The molecule has 2 amide bonds. The van der Waals surface area contributed by atoms with E-state index in [1.54, 1.807) is 6.92 Å². The van der Waals surface area contributed by atoms with Gasteiger partial charge in [0.25, 0.3) is 0 Å². The third kappa shape index (κ3) is 7.76. The molecule has 8 nitrogen and oxygen atoms in total. The molecule has 2 aromatic rings. The van der Waals surface area contributed by atoms with Crippen LogP contribution in [0.4, 0.5) is 10.1 Å². The summed E-state index contributed by atoms with van der Waals surface area (Å²) in [5, 5.41) is 2.86. The van der Waals surface area contributed by atoms with Gasteiger partial charge in [0, 0.05) is 26.2 Å². The Balaban J connectivity index is 2.41. The van der Waals surface area contributed by atoms with Gasteiger partial charge in [0.1, 0.15) is 18.4 Å². The van der Waals surface area contributed by atoms with Gasteiger partial charge in [-0.05, 0) is 51.8 Å². The fourth-order valence-electron chi connectivity index (χ4n) is 3.40. The number of anilines is 1. The third-order valence-corrected chi connectivity index (χ3v) is 7.10. The van der Waals surface area contributed by atoms with Crippen LogP contribution in [0.5, 0.6) is 0 Å². The molecule has 0 bridgehead atoms. The Labute approximate surface area is 207 Å². The summed E-state index contributed by atoms with van der Waals surface area (Å²) in [7, 11) is -1.59. The lowest BCUT2D eigenvalue weighted by Crippen LogP contribution is -2.55. The number of nitrogens with one attached hydrogen (secondary N) is 1. The van der Waals surface area contributed by atoms with Crippen molar-refractivity contribution in [2.75, 3.05) is 31.5 Å². The van der Waals surface area contributed by atoms with Crippen molar-refractivity contribution in [1.29, 1.82) is 0 Å². The fourth-order valence-corrected chi connectivity index (χ4v) is 4.46. The Morgan fingerprint density at radius 3 is 2.11 bits per heavy atom. The van der Waals surface area contributed by atoms with Gasteiger partial charge in [-0.2, -0.15) is 12.7 Å². The zero-order chi connectivity index (χ0) is 26.4. The summed E-state index contributed by atoms with van der Waals surface area (Å²) in [6.07, 6.45) is 0.458. The normalized spacial score (nSPS) is 12.8. The minimum atomic E-state index is -4.21. The van der Waals surface area contributed by atoms with Crippen molar-refractivity contribution in [1.82, 2.24) is 14.5 Å². The highest BCUT2D eigenvalue weighted by atomic mass is 32.2. The lowest BCUT2D eigenvalue weighted by Gasteiger charge is -2.34. The minimum Gasteiger partial charge on any atom is -0.350 e. The van der Waals surface area contributed by atoms with Crippen molar-refractivity contribution in [2.24, 2.45) is 0 Å². The Hall–Kier alpha value is -2.98. The van der Waals surface area contributed by atoms with Crippen LogP contribution in [0.2, 0.25) is 0 Å². The topological polar surface area (TPSA) is 90.0 Å². The van der Waals surface area contributed by atoms with Gasteiger partial charge in [-0.15, -0.1) is 0 Å². The van der Waals surface area contributed by atoms with Crippen LogP contribution in [-0.4, -0.2) is 68.2 Å². The molecule has 10 heteroatoms. The molecule has 0 aromatic heterocycles. The van der Waals surface area contributed by atoms with Gasteiger partial charge < -0.3 is 10.2 Å². The summed E-state index contributed by atoms with van der Waals surface area (Å²) in [5.74, 6) is -1.77. The second-order valence-corrected chi connectivity index (χ2v) is 11.6. The van der Waals surface area contributed by atoms with Crippen molar-refractivity contribution < 1.29 is 22.4 Å². The molecule has 0 saturated carbocycles. The third-order valence-electron chi connectivity index (χ3n) is 5.29. The molecular weight excluding hydrogens is 471 g/mol. The van der Waals surface area contributed by atoms with E-state index in [1.807, 2.05) is 51.1 Å². The number of nitrogens with zero attached hydrogens (tertiary/aromatic N) is 3. The first-order valence-electron chi connectivity index (χ1n) is 11.3. The molecule has 1 N–H and O–H groups in total. The number of carbonyl (C=O) groups excluding carboxylic acids is 2. The smallest absolute Gasteiger partial charge is 0.304 e. The second kappa shape index (κ2) is 11.6. The van der Waals surface area contributed by atoms with Crippen molar-refractivity contribution in [2.45, 2.75) is 45.7 Å². The average molecular weight is 507 g/mol. The Morgan fingerprint density at radius 2 is 1.57 bits per heavy atom. The lowest BCUT2D eigenvalue weighted by atomic mass is 10.1. The molecule has 0 radical (unpaired) electrons. The molecular formula is C25H35FN4O4S. The number of amides is 2. The molecule has 0 fully saturated rings. The molecule has 0 saturated heterocycles. The molecule has 1 atom stereocenters. The summed E-state index contributed by atoms with van der Waals surface area (Å²) in [6, 6.07) is 13.9. The van der Waals surface area contributed by atoms with Gasteiger partial charge in [-0.1, -0.05) is 42.5 Å². The summed E-state index contributed by atoms with van der Waals surface area (Å²) >= 11 is 0. The molecule has 0 heterocycles. The number of rotatable bonds is 10. The number of hydrogen-bond donors (Lipinski definition) is 1. The highest BCUT2D eigenvalue weighted by molar-refractivity contribution is 7.90. The number of halogens is 1. The van der Waals surface area contributed by atoms with E-state index in [4.69, 9.17) is 0 Å². The first kappa shape index (κ1) is 28.3.